The summed E-state index contributed by atoms with van der Waals surface area (Å²) >= 11 is 1.43. The van der Waals surface area contributed by atoms with Crippen LogP contribution >= 0.6 is 11.3 Å². The molecule has 0 saturated carbocycles. The second-order valence-corrected chi connectivity index (χ2v) is 5.09. The Morgan fingerprint density at radius 1 is 1.33 bits per heavy atom. The van der Waals surface area contributed by atoms with Gasteiger partial charge in [-0.05, 0) is 12.1 Å². The van der Waals surface area contributed by atoms with Crippen LogP contribution < -0.4 is 10.2 Å². The molecule has 1 aliphatic rings. The van der Waals surface area contributed by atoms with Crippen LogP contribution in [0, 0.1) is 0 Å². The number of amides is 1. The van der Waals surface area contributed by atoms with Gasteiger partial charge >= 0.3 is 0 Å². The fourth-order valence-corrected chi connectivity index (χ4v) is 3.01. The number of carbonyl (C=O) groups excluding carboxylic acids is 1. The highest BCUT2D eigenvalue weighted by Gasteiger charge is 2.28. The highest BCUT2D eigenvalue weighted by Crippen LogP contribution is 2.30. The van der Waals surface area contributed by atoms with Crippen LogP contribution in [-0.2, 0) is 6.42 Å². The van der Waals surface area contributed by atoms with Gasteiger partial charge in [-0.2, -0.15) is 0 Å². The fourth-order valence-electron chi connectivity index (χ4n) is 2.09. The van der Waals surface area contributed by atoms with Gasteiger partial charge in [-0.3, -0.25) is 4.79 Å². The van der Waals surface area contributed by atoms with Gasteiger partial charge < -0.3 is 10.2 Å². The van der Waals surface area contributed by atoms with E-state index in [0.29, 0.717) is 6.54 Å². The van der Waals surface area contributed by atoms with Gasteiger partial charge in [0.15, 0.2) is 5.13 Å². The van der Waals surface area contributed by atoms with Crippen LogP contribution in [0.15, 0.2) is 30.3 Å². The highest BCUT2D eigenvalue weighted by molar-refractivity contribution is 7.17. The van der Waals surface area contributed by atoms with E-state index in [9.17, 15) is 4.79 Å². The van der Waals surface area contributed by atoms with Crippen molar-refractivity contribution in [2.45, 2.75) is 6.42 Å². The molecule has 0 fully saturated rings. The Hall–Kier alpha value is -1.88. The average Bonchev–Trinajstić information content (AvgIpc) is 2.84. The second-order valence-electron chi connectivity index (χ2n) is 4.09. The predicted octanol–water partition coefficient (Wildman–Crippen LogP) is 2.39. The summed E-state index contributed by atoms with van der Waals surface area (Å²) in [5.74, 6) is 0.0569. The maximum atomic E-state index is 12.4. The zero-order valence-electron chi connectivity index (χ0n) is 10.0. The van der Waals surface area contributed by atoms with E-state index < -0.39 is 0 Å². The largest absolute Gasteiger partial charge is 0.365 e. The molecule has 1 amide bonds. The number of carbonyl (C=O) groups is 1. The summed E-state index contributed by atoms with van der Waals surface area (Å²) in [6.07, 6.45) is 0.814. The Balaban J connectivity index is 1.96. The number of hydrogen-bond donors (Lipinski definition) is 1. The van der Waals surface area contributed by atoms with Crippen molar-refractivity contribution in [1.82, 2.24) is 4.98 Å². The zero-order valence-corrected chi connectivity index (χ0v) is 10.8. The van der Waals surface area contributed by atoms with Crippen molar-refractivity contribution in [1.29, 1.82) is 0 Å². The van der Waals surface area contributed by atoms with Crippen molar-refractivity contribution in [2.24, 2.45) is 0 Å². The van der Waals surface area contributed by atoms with Crippen LogP contribution in [0.1, 0.15) is 15.4 Å². The first-order valence-electron chi connectivity index (χ1n) is 5.84. The van der Waals surface area contributed by atoms with E-state index in [1.54, 1.807) is 0 Å². The number of rotatable bonds is 2. The van der Waals surface area contributed by atoms with Gasteiger partial charge in [-0.1, -0.05) is 29.5 Å². The first-order valence-corrected chi connectivity index (χ1v) is 6.65. The molecule has 0 bridgehead atoms. The average molecular weight is 259 g/mol. The third-order valence-corrected chi connectivity index (χ3v) is 4.09. The molecule has 92 valence electrons. The lowest BCUT2D eigenvalue weighted by Gasteiger charge is -2.25. The first kappa shape index (κ1) is 11.2. The lowest BCUT2D eigenvalue weighted by Crippen LogP contribution is -2.36. The van der Waals surface area contributed by atoms with E-state index in [4.69, 9.17) is 0 Å². The Morgan fingerprint density at radius 3 is 2.83 bits per heavy atom. The highest BCUT2D eigenvalue weighted by atomic mass is 32.1. The van der Waals surface area contributed by atoms with Crippen LogP contribution in [0.5, 0.6) is 0 Å². The summed E-state index contributed by atoms with van der Waals surface area (Å²) in [4.78, 5) is 19.4. The predicted molar refractivity (Wildman–Crippen MR) is 73.5 cm³/mol. The minimum absolute atomic E-state index is 0.0569. The van der Waals surface area contributed by atoms with Gasteiger partial charge in [0.2, 0.25) is 0 Å². The topological polar surface area (TPSA) is 45.2 Å². The number of nitrogens with one attached hydrogen (secondary N) is 1. The third kappa shape index (κ3) is 1.76. The molecule has 0 spiro atoms. The maximum Gasteiger partial charge on any atom is 0.270 e. The standard InChI is InChI=1S/C13H13N3OS/c1-14-13-15-10-7-8-16(12(17)11(10)18-13)9-5-3-2-4-6-9/h2-6H,7-8H2,1H3,(H,14,15). The van der Waals surface area contributed by atoms with Crippen molar-refractivity contribution < 1.29 is 4.79 Å². The Labute approximate surface area is 109 Å². The van der Waals surface area contributed by atoms with Gasteiger partial charge in [0, 0.05) is 25.7 Å². The van der Waals surface area contributed by atoms with Gasteiger partial charge in [0.1, 0.15) is 4.88 Å². The number of fused-ring (bicyclic) bond motifs is 1. The van der Waals surface area contributed by atoms with E-state index in [1.807, 2.05) is 42.3 Å². The Bertz CT molecular complexity index is 579. The van der Waals surface area contributed by atoms with Crippen LogP contribution in [0.2, 0.25) is 0 Å². The van der Waals surface area contributed by atoms with Crippen LogP contribution in [0.25, 0.3) is 0 Å². The van der Waals surface area contributed by atoms with E-state index in [2.05, 4.69) is 10.3 Å². The van der Waals surface area contributed by atoms with Crippen LogP contribution in [0.4, 0.5) is 10.8 Å². The number of aromatic nitrogens is 1. The minimum atomic E-state index is 0.0569. The minimum Gasteiger partial charge on any atom is -0.365 e. The quantitative estimate of drug-likeness (QED) is 0.900. The molecule has 3 rings (SSSR count). The molecule has 1 aromatic carbocycles. The fraction of sp³-hybridized carbons (Fsp3) is 0.231. The molecular weight excluding hydrogens is 246 g/mol. The maximum absolute atomic E-state index is 12.4. The first-order chi connectivity index (χ1) is 8.79. The number of hydrogen-bond acceptors (Lipinski definition) is 4. The van der Waals surface area contributed by atoms with Crippen LogP contribution in [-0.4, -0.2) is 24.5 Å². The molecule has 5 heteroatoms. The molecular formula is C13H13N3OS. The van der Waals surface area contributed by atoms with E-state index in [-0.39, 0.29) is 5.91 Å². The molecule has 4 nitrogen and oxygen atoms in total. The van der Waals surface area contributed by atoms with Gasteiger partial charge in [-0.25, -0.2) is 4.98 Å². The Morgan fingerprint density at radius 2 is 2.11 bits per heavy atom. The normalized spacial score (nSPS) is 14.5. The second kappa shape index (κ2) is 4.42. The summed E-state index contributed by atoms with van der Waals surface area (Å²) in [5, 5.41) is 3.80. The molecule has 0 unspecified atom stereocenters. The van der Waals surface area contributed by atoms with Gasteiger partial charge in [-0.15, -0.1) is 0 Å². The molecule has 1 N–H and O–H groups in total. The molecule has 1 aliphatic heterocycles. The molecule has 0 radical (unpaired) electrons. The smallest absolute Gasteiger partial charge is 0.270 e. The summed E-state index contributed by atoms with van der Waals surface area (Å²) < 4.78 is 0. The summed E-state index contributed by atoms with van der Waals surface area (Å²) in [7, 11) is 1.82. The molecule has 0 aliphatic carbocycles. The van der Waals surface area contributed by atoms with Crippen molar-refractivity contribution in [2.75, 3.05) is 23.8 Å². The lowest BCUT2D eigenvalue weighted by molar-refractivity contribution is 0.0984. The van der Waals surface area contributed by atoms with Crippen LogP contribution in [0.3, 0.4) is 0 Å². The lowest BCUT2D eigenvalue weighted by atomic mass is 10.1. The molecule has 0 saturated heterocycles. The Kier molecular flexibility index (Phi) is 2.76. The monoisotopic (exact) mass is 259 g/mol. The molecule has 2 heterocycles. The van der Waals surface area contributed by atoms with Crippen molar-refractivity contribution >= 4 is 28.1 Å². The number of nitrogens with zero attached hydrogens (tertiary/aromatic N) is 2. The summed E-state index contributed by atoms with van der Waals surface area (Å²) in [5.41, 5.74) is 1.87. The number of anilines is 2. The SMILES string of the molecule is CNc1nc2c(s1)C(=O)N(c1ccccc1)CC2. The number of benzene rings is 1. The molecule has 1 aromatic heterocycles. The number of thiazole rings is 1. The molecule has 2 aromatic rings. The van der Waals surface area contributed by atoms with Crippen molar-refractivity contribution in [3.8, 4) is 0 Å². The van der Waals surface area contributed by atoms with Gasteiger partial charge in [0.05, 0.1) is 5.69 Å². The third-order valence-electron chi connectivity index (χ3n) is 2.99. The van der Waals surface area contributed by atoms with E-state index >= 15 is 0 Å². The van der Waals surface area contributed by atoms with E-state index in [0.717, 1.165) is 27.8 Å². The zero-order chi connectivity index (χ0) is 12.5. The van der Waals surface area contributed by atoms with Crippen molar-refractivity contribution in [3.63, 3.8) is 0 Å². The van der Waals surface area contributed by atoms with E-state index in [1.165, 1.54) is 11.3 Å². The number of para-hydroxylation sites is 1. The summed E-state index contributed by atoms with van der Waals surface area (Å²) in [6, 6.07) is 9.77. The van der Waals surface area contributed by atoms with Gasteiger partial charge in [0.25, 0.3) is 5.91 Å². The summed E-state index contributed by atoms with van der Waals surface area (Å²) in [6.45, 7) is 0.697. The molecule has 0 atom stereocenters. The molecule has 18 heavy (non-hydrogen) atoms. The van der Waals surface area contributed by atoms with Crippen molar-refractivity contribution in [3.05, 3.63) is 40.9 Å².